The van der Waals surface area contributed by atoms with Gasteiger partial charge in [-0.1, -0.05) is 63.5 Å². The van der Waals surface area contributed by atoms with Crippen LogP contribution in [0.2, 0.25) is 0 Å². The summed E-state index contributed by atoms with van der Waals surface area (Å²) in [5.41, 5.74) is 4.11. The topological polar surface area (TPSA) is 77.6 Å². The Hall–Kier alpha value is -3.71. The van der Waals surface area contributed by atoms with E-state index in [-0.39, 0.29) is 26.0 Å². The predicted molar refractivity (Wildman–Crippen MR) is 175 cm³/mol. The molecule has 2 aliphatic carbocycles. The van der Waals surface area contributed by atoms with Crippen molar-refractivity contribution in [1.82, 2.24) is 14.8 Å². The average Bonchev–Trinajstić information content (AvgIpc) is 3.75. The van der Waals surface area contributed by atoms with Gasteiger partial charge in [0.1, 0.15) is 0 Å². The number of aryl methyl sites for hydroxylation is 1. The van der Waals surface area contributed by atoms with Crippen molar-refractivity contribution >= 4 is 23.2 Å². The van der Waals surface area contributed by atoms with Crippen LogP contribution in [0.4, 0.5) is 11.4 Å². The Morgan fingerprint density at radius 3 is 2.51 bits per heavy atom. The van der Waals surface area contributed by atoms with Crippen LogP contribution in [0.1, 0.15) is 48.1 Å². The molecule has 2 heterocycles. The Kier molecular flexibility index (Phi) is 11.1. The minimum absolute atomic E-state index is 0. The van der Waals surface area contributed by atoms with Gasteiger partial charge in [-0.3, -0.25) is 14.6 Å². The van der Waals surface area contributed by atoms with Crippen molar-refractivity contribution in [2.24, 2.45) is 17.3 Å². The number of pyridine rings is 1. The highest BCUT2D eigenvalue weighted by Gasteiger charge is 2.43. The lowest BCUT2D eigenvalue weighted by atomic mass is 9.79. The Balaban J connectivity index is 0.00000226. The van der Waals surface area contributed by atoms with Crippen LogP contribution in [-0.2, 0) is 9.59 Å². The SMILES string of the molecule is C=C/C(=C\N(C)C)C1=CC2(C=C2)C(C(=C)C(=O)Nc2cc(NC(=O)CC3CCN(C)CC3)cnc2C)CC=C1.CC.[HH].[HH]. The molecule has 0 bridgehead atoms. The molecular formula is C34H51N5O2. The fraction of sp³-hybridized carbons (Fsp3) is 0.441. The summed E-state index contributed by atoms with van der Waals surface area (Å²) in [6.45, 7) is 16.1. The number of rotatable bonds is 9. The minimum atomic E-state index is -0.321. The number of aromatic nitrogens is 1. The first-order valence-corrected chi connectivity index (χ1v) is 14.7. The third-order valence-corrected chi connectivity index (χ3v) is 7.82. The number of amides is 2. The molecule has 1 unspecified atom stereocenters. The van der Waals surface area contributed by atoms with Gasteiger partial charge in [0.2, 0.25) is 5.91 Å². The average molecular weight is 562 g/mol. The summed E-state index contributed by atoms with van der Waals surface area (Å²) in [6, 6.07) is 1.78. The summed E-state index contributed by atoms with van der Waals surface area (Å²) in [6.07, 6.45) is 19.4. The monoisotopic (exact) mass is 561 g/mol. The first-order valence-electron chi connectivity index (χ1n) is 14.7. The summed E-state index contributed by atoms with van der Waals surface area (Å²) >= 11 is 0. The van der Waals surface area contributed by atoms with Gasteiger partial charge in [-0.05, 0) is 69.5 Å². The van der Waals surface area contributed by atoms with Crippen LogP contribution in [0.5, 0.6) is 0 Å². The van der Waals surface area contributed by atoms with Gasteiger partial charge >= 0.3 is 0 Å². The fourth-order valence-electron chi connectivity index (χ4n) is 5.35. The molecule has 1 fully saturated rings. The summed E-state index contributed by atoms with van der Waals surface area (Å²) in [7, 11) is 6.08. The third-order valence-electron chi connectivity index (χ3n) is 7.82. The number of hydrogen-bond acceptors (Lipinski definition) is 5. The number of carbonyl (C=O) groups is 2. The fourth-order valence-corrected chi connectivity index (χ4v) is 5.35. The zero-order valence-electron chi connectivity index (χ0n) is 25.7. The Labute approximate surface area is 249 Å². The Bertz CT molecular complexity index is 1270. The molecule has 0 aromatic carbocycles. The summed E-state index contributed by atoms with van der Waals surface area (Å²) in [5.74, 6) is 0.0384. The summed E-state index contributed by atoms with van der Waals surface area (Å²) < 4.78 is 0. The lowest BCUT2D eigenvalue weighted by Crippen LogP contribution is -2.32. The molecule has 1 aliphatic heterocycles. The quantitative estimate of drug-likeness (QED) is 0.198. The van der Waals surface area contributed by atoms with Crippen molar-refractivity contribution in [3.8, 4) is 0 Å². The van der Waals surface area contributed by atoms with Crippen molar-refractivity contribution in [3.63, 3.8) is 0 Å². The van der Waals surface area contributed by atoms with E-state index in [0.29, 0.717) is 41.4 Å². The lowest BCUT2D eigenvalue weighted by molar-refractivity contribution is -0.117. The smallest absolute Gasteiger partial charge is 0.251 e. The Morgan fingerprint density at radius 1 is 1.22 bits per heavy atom. The van der Waals surface area contributed by atoms with E-state index in [1.807, 2.05) is 52.0 Å². The van der Waals surface area contributed by atoms with Gasteiger partial charge in [0, 0.05) is 46.5 Å². The molecule has 2 N–H and O–H groups in total. The molecule has 2 amide bonds. The maximum Gasteiger partial charge on any atom is 0.251 e. The maximum absolute atomic E-state index is 13.4. The normalized spacial score (nSPS) is 19.8. The number of piperidine rings is 1. The number of likely N-dealkylation sites (tertiary alicyclic amines) is 1. The van der Waals surface area contributed by atoms with Crippen LogP contribution in [0.25, 0.3) is 0 Å². The van der Waals surface area contributed by atoms with Gasteiger partial charge in [-0.25, -0.2) is 0 Å². The summed E-state index contributed by atoms with van der Waals surface area (Å²) in [5, 5.41) is 5.97. The van der Waals surface area contributed by atoms with Crippen LogP contribution in [0, 0.1) is 24.2 Å². The first-order chi connectivity index (χ1) is 19.6. The molecule has 0 radical (unpaired) electrons. The van der Waals surface area contributed by atoms with Gasteiger partial charge in [0.15, 0.2) is 0 Å². The van der Waals surface area contributed by atoms with Crippen LogP contribution >= 0.6 is 0 Å². The minimum Gasteiger partial charge on any atom is -0.383 e. The highest BCUT2D eigenvalue weighted by atomic mass is 16.2. The number of nitrogens with zero attached hydrogens (tertiary/aromatic N) is 3. The molecule has 224 valence electrons. The zero-order chi connectivity index (χ0) is 30.2. The Morgan fingerprint density at radius 2 is 1.90 bits per heavy atom. The molecule has 1 aromatic rings. The molecule has 0 saturated carbocycles. The van der Waals surface area contributed by atoms with E-state index in [0.717, 1.165) is 37.1 Å². The molecule has 1 aromatic heterocycles. The standard InChI is InChI=1S/C32H41N5O2.C2H6.2H2/c1-7-25(21-36(4)5)26-9-8-10-28(32(19-26)13-14-32)22(2)31(39)35-29-18-27(20-33-23(29)3)34-30(38)17-24-11-15-37(6)16-12-24;1-2;;/h7-9,13-14,18-21,24,28H,1-2,10-12,15-17H2,3-6H3,(H,34,38)(H,35,39);1-2H3;2*1H/b25-21+;;;. The number of anilines is 2. The molecule has 7 nitrogen and oxygen atoms in total. The highest BCUT2D eigenvalue weighted by molar-refractivity contribution is 6.04. The number of allylic oxidation sites excluding steroid dienone is 8. The number of nitrogens with one attached hydrogen (secondary N) is 2. The molecule has 41 heavy (non-hydrogen) atoms. The summed E-state index contributed by atoms with van der Waals surface area (Å²) in [4.78, 5) is 34.8. The molecular weight excluding hydrogens is 510 g/mol. The van der Waals surface area contributed by atoms with Crippen molar-refractivity contribution in [1.29, 1.82) is 0 Å². The van der Waals surface area contributed by atoms with Gasteiger partial charge in [0.05, 0.1) is 23.3 Å². The predicted octanol–water partition coefficient (Wildman–Crippen LogP) is 6.76. The van der Waals surface area contributed by atoms with E-state index in [2.05, 4.69) is 71.1 Å². The second kappa shape index (κ2) is 14.3. The van der Waals surface area contributed by atoms with Crippen LogP contribution in [-0.4, -0.2) is 60.8 Å². The van der Waals surface area contributed by atoms with E-state index in [9.17, 15) is 9.59 Å². The molecule has 4 rings (SSSR count). The lowest BCUT2D eigenvalue weighted by Gasteiger charge is -2.28. The van der Waals surface area contributed by atoms with Crippen molar-refractivity contribution in [2.75, 3.05) is 44.9 Å². The molecule has 1 saturated heterocycles. The number of hydrogen-bond donors (Lipinski definition) is 2. The van der Waals surface area contributed by atoms with Crippen LogP contribution in [0.15, 0.2) is 84.8 Å². The van der Waals surface area contributed by atoms with Gasteiger partial charge in [-0.2, -0.15) is 0 Å². The molecule has 7 heteroatoms. The zero-order valence-corrected chi connectivity index (χ0v) is 25.7. The molecule has 3 aliphatic rings. The van der Waals surface area contributed by atoms with Crippen LogP contribution in [0.3, 0.4) is 0 Å². The van der Waals surface area contributed by atoms with E-state index < -0.39 is 0 Å². The van der Waals surface area contributed by atoms with Gasteiger partial charge in [-0.15, -0.1) is 0 Å². The molecule has 1 atom stereocenters. The van der Waals surface area contributed by atoms with Gasteiger partial charge < -0.3 is 20.4 Å². The van der Waals surface area contributed by atoms with Gasteiger partial charge in [0.25, 0.3) is 5.91 Å². The van der Waals surface area contributed by atoms with Crippen molar-refractivity contribution < 1.29 is 12.4 Å². The second-order valence-corrected chi connectivity index (χ2v) is 11.2. The van der Waals surface area contributed by atoms with E-state index >= 15 is 0 Å². The third kappa shape index (κ3) is 8.40. The van der Waals surface area contributed by atoms with E-state index in [4.69, 9.17) is 0 Å². The van der Waals surface area contributed by atoms with Crippen molar-refractivity contribution in [2.45, 2.75) is 46.5 Å². The largest absolute Gasteiger partial charge is 0.383 e. The molecule has 1 spiro atoms. The number of carbonyl (C=O) groups excluding carboxylic acids is 2. The second-order valence-electron chi connectivity index (χ2n) is 11.2. The van der Waals surface area contributed by atoms with E-state index in [1.54, 1.807) is 12.3 Å². The van der Waals surface area contributed by atoms with Crippen molar-refractivity contribution in [3.05, 3.63) is 90.5 Å². The maximum atomic E-state index is 13.4. The van der Waals surface area contributed by atoms with Crippen LogP contribution < -0.4 is 10.6 Å². The first kappa shape index (κ1) is 31.8. The van der Waals surface area contributed by atoms with E-state index in [1.165, 1.54) is 0 Å². The highest BCUT2D eigenvalue weighted by Crippen LogP contribution is 2.51.